The van der Waals surface area contributed by atoms with Crippen LogP contribution in [0.3, 0.4) is 0 Å². The molecule has 2 fully saturated rings. The van der Waals surface area contributed by atoms with Gasteiger partial charge in [0.25, 0.3) is 0 Å². The number of para-hydroxylation sites is 2. The van der Waals surface area contributed by atoms with Crippen LogP contribution in [0.15, 0.2) is 24.3 Å². The second kappa shape index (κ2) is 5.24. The van der Waals surface area contributed by atoms with Crippen molar-refractivity contribution in [3.63, 3.8) is 0 Å². The Morgan fingerprint density at radius 1 is 1.19 bits per heavy atom. The lowest BCUT2D eigenvalue weighted by atomic mass is 10.0. The molecule has 0 aromatic heterocycles. The van der Waals surface area contributed by atoms with Crippen molar-refractivity contribution in [2.45, 2.75) is 25.4 Å². The summed E-state index contributed by atoms with van der Waals surface area (Å²) in [7, 11) is 0. The number of rotatable bonds is 4. The van der Waals surface area contributed by atoms with Gasteiger partial charge in [0.15, 0.2) is 6.61 Å². The van der Waals surface area contributed by atoms with Crippen LogP contribution >= 0.6 is 0 Å². The van der Waals surface area contributed by atoms with Gasteiger partial charge in [-0.05, 0) is 43.2 Å². The molecule has 1 aromatic rings. The van der Waals surface area contributed by atoms with E-state index in [1.54, 1.807) is 18.2 Å². The molecule has 3 rings (SSSR count). The fourth-order valence-corrected chi connectivity index (χ4v) is 3.02. The van der Waals surface area contributed by atoms with Gasteiger partial charge in [-0.2, -0.15) is 13.2 Å². The molecule has 6 heteroatoms. The van der Waals surface area contributed by atoms with Crippen molar-refractivity contribution in [2.75, 3.05) is 11.9 Å². The molecule has 0 aliphatic heterocycles. The van der Waals surface area contributed by atoms with E-state index in [-0.39, 0.29) is 17.6 Å². The summed E-state index contributed by atoms with van der Waals surface area (Å²) in [6, 6.07) is 6.21. The zero-order chi connectivity index (χ0) is 15.0. The number of hydrogen-bond donors (Lipinski definition) is 1. The number of halogens is 3. The first-order valence-electron chi connectivity index (χ1n) is 7.02. The van der Waals surface area contributed by atoms with E-state index in [4.69, 9.17) is 4.74 Å². The number of fused-ring (bicyclic) bond motifs is 1. The Kier molecular flexibility index (Phi) is 3.55. The summed E-state index contributed by atoms with van der Waals surface area (Å²) in [4.78, 5) is 12.1. The fraction of sp³-hybridized carbons (Fsp3) is 0.533. The summed E-state index contributed by atoms with van der Waals surface area (Å²) >= 11 is 0. The van der Waals surface area contributed by atoms with Gasteiger partial charge in [0.2, 0.25) is 5.91 Å². The lowest BCUT2D eigenvalue weighted by molar-refractivity contribution is -0.153. The predicted molar refractivity (Wildman–Crippen MR) is 70.9 cm³/mol. The molecule has 2 atom stereocenters. The first-order chi connectivity index (χ1) is 9.92. The third-order valence-corrected chi connectivity index (χ3v) is 4.15. The molecule has 0 radical (unpaired) electrons. The Labute approximate surface area is 120 Å². The number of alkyl halides is 3. The van der Waals surface area contributed by atoms with E-state index in [0.29, 0.717) is 17.5 Å². The Balaban J connectivity index is 1.63. The van der Waals surface area contributed by atoms with E-state index in [2.05, 4.69) is 5.32 Å². The Morgan fingerprint density at radius 3 is 2.52 bits per heavy atom. The second-order valence-corrected chi connectivity index (χ2v) is 5.81. The van der Waals surface area contributed by atoms with E-state index in [0.717, 1.165) is 12.8 Å². The maximum absolute atomic E-state index is 12.2. The molecule has 0 heterocycles. The molecule has 2 saturated carbocycles. The molecule has 2 unspecified atom stereocenters. The minimum Gasteiger partial charge on any atom is -0.482 e. The van der Waals surface area contributed by atoms with Crippen LogP contribution in [0.2, 0.25) is 0 Å². The van der Waals surface area contributed by atoms with Gasteiger partial charge in [-0.3, -0.25) is 4.79 Å². The van der Waals surface area contributed by atoms with Crippen LogP contribution in [0, 0.1) is 17.8 Å². The van der Waals surface area contributed by atoms with Gasteiger partial charge < -0.3 is 10.1 Å². The number of carbonyl (C=O) groups excluding carboxylic acids is 1. The maximum Gasteiger partial charge on any atom is 0.422 e. The number of ether oxygens (including phenoxy) is 1. The molecule has 114 valence electrons. The van der Waals surface area contributed by atoms with Crippen molar-refractivity contribution in [1.82, 2.24) is 0 Å². The van der Waals surface area contributed by atoms with Crippen molar-refractivity contribution in [3.8, 4) is 5.75 Å². The lowest BCUT2D eigenvalue weighted by Gasteiger charge is -2.16. The van der Waals surface area contributed by atoms with Gasteiger partial charge in [-0.25, -0.2) is 0 Å². The van der Waals surface area contributed by atoms with Gasteiger partial charge in [0.1, 0.15) is 5.75 Å². The third kappa shape index (κ3) is 3.49. The molecule has 21 heavy (non-hydrogen) atoms. The average Bonchev–Trinajstić information content (AvgIpc) is 3.03. The second-order valence-electron chi connectivity index (χ2n) is 5.81. The molecule has 1 aromatic carbocycles. The highest BCUT2D eigenvalue weighted by molar-refractivity contribution is 5.94. The SMILES string of the molecule is O=C(Nc1ccccc1OCC(F)(F)F)C1CC2CC2C1. The monoisotopic (exact) mass is 299 g/mol. The molecule has 0 spiro atoms. The van der Waals surface area contributed by atoms with Crippen LogP contribution in [0.5, 0.6) is 5.75 Å². The Hall–Kier alpha value is -1.72. The standard InChI is InChI=1S/C15H16F3NO2/c16-15(17,18)8-21-13-4-2-1-3-12(13)19-14(20)11-6-9-5-10(9)7-11/h1-4,9-11H,5-8H2,(H,19,20). The van der Waals surface area contributed by atoms with Gasteiger partial charge >= 0.3 is 6.18 Å². The smallest absolute Gasteiger partial charge is 0.422 e. The zero-order valence-corrected chi connectivity index (χ0v) is 11.3. The van der Waals surface area contributed by atoms with E-state index in [1.165, 1.54) is 12.5 Å². The van der Waals surface area contributed by atoms with Crippen LogP contribution in [-0.2, 0) is 4.79 Å². The molecule has 0 bridgehead atoms. The van der Waals surface area contributed by atoms with Crippen molar-refractivity contribution >= 4 is 11.6 Å². The summed E-state index contributed by atoms with van der Waals surface area (Å²) in [6.07, 6.45) is -1.40. The van der Waals surface area contributed by atoms with E-state index < -0.39 is 12.8 Å². The number of carbonyl (C=O) groups is 1. The summed E-state index contributed by atoms with van der Waals surface area (Å²) in [5.74, 6) is 1.26. The first kappa shape index (κ1) is 14.2. The van der Waals surface area contributed by atoms with Crippen LogP contribution in [0.4, 0.5) is 18.9 Å². The predicted octanol–water partition coefficient (Wildman–Crippen LogP) is 3.61. The van der Waals surface area contributed by atoms with Crippen molar-refractivity contribution < 1.29 is 22.7 Å². The van der Waals surface area contributed by atoms with Crippen molar-refractivity contribution in [3.05, 3.63) is 24.3 Å². The average molecular weight is 299 g/mol. The first-order valence-corrected chi connectivity index (χ1v) is 7.02. The van der Waals surface area contributed by atoms with E-state index in [1.807, 2.05) is 0 Å². The highest BCUT2D eigenvalue weighted by atomic mass is 19.4. The number of anilines is 1. The quantitative estimate of drug-likeness (QED) is 0.922. The lowest BCUT2D eigenvalue weighted by Crippen LogP contribution is -2.23. The van der Waals surface area contributed by atoms with Crippen LogP contribution in [0.1, 0.15) is 19.3 Å². The molecule has 2 aliphatic carbocycles. The largest absolute Gasteiger partial charge is 0.482 e. The van der Waals surface area contributed by atoms with Gasteiger partial charge in [0, 0.05) is 5.92 Å². The number of hydrogen-bond acceptors (Lipinski definition) is 2. The minimum absolute atomic E-state index is 0.0237. The highest BCUT2D eigenvalue weighted by Gasteiger charge is 2.48. The zero-order valence-electron chi connectivity index (χ0n) is 11.3. The Bertz CT molecular complexity index is 534. The third-order valence-electron chi connectivity index (χ3n) is 4.15. The van der Waals surface area contributed by atoms with Gasteiger partial charge in [-0.15, -0.1) is 0 Å². The fourth-order valence-electron chi connectivity index (χ4n) is 3.02. The molecule has 0 saturated heterocycles. The van der Waals surface area contributed by atoms with Crippen molar-refractivity contribution in [1.29, 1.82) is 0 Å². The van der Waals surface area contributed by atoms with Crippen LogP contribution in [0.25, 0.3) is 0 Å². The van der Waals surface area contributed by atoms with Gasteiger partial charge in [0.05, 0.1) is 5.69 Å². The maximum atomic E-state index is 12.2. The summed E-state index contributed by atoms with van der Waals surface area (Å²) < 4.78 is 41.4. The normalized spacial score (nSPS) is 27.1. The van der Waals surface area contributed by atoms with E-state index in [9.17, 15) is 18.0 Å². The summed E-state index contributed by atoms with van der Waals surface area (Å²) in [5, 5.41) is 2.70. The molecular formula is C15H16F3NO2. The molecule has 3 nitrogen and oxygen atoms in total. The molecular weight excluding hydrogens is 283 g/mol. The number of nitrogens with one attached hydrogen (secondary N) is 1. The number of benzene rings is 1. The number of amides is 1. The van der Waals surface area contributed by atoms with Gasteiger partial charge in [-0.1, -0.05) is 12.1 Å². The minimum atomic E-state index is -4.40. The van der Waals surface area contributed by atoms with E-state index >= 15 is 0 Å². The molecule has 1 amide bonds. The molecule has 1 N–H and O–H groups in total. The topological polar surface area (TPSA) is 38.3 Å². The van der Waals surface area contributed by atoms with Crippen LogP contribution < -0.4 is 10.1 Å². The van der Waals surface area contributed by atoms with Crippen LogP contribution in [-0.4, -0.2) is 18.7 Å². The summed E-state index contributed by atoms with van der Waals surface area (Å²) in [5.41, 5.74) is 0.298. The highest BCUT2D eigenvalue weighted by Crippen LogP contribution is 2.54. The molecule has 2 aliphatic rings. The summed E-state index contributed by atoms with van der Waals surface area (Å²) in [6.45, 7) is -1.37. The Morgan fingerprint density at radius 2 is 1.86 bits per heavy atom. The van der Waals surface area contributed by atoms with Crippen molar-refractivity contribution in [2.24, 2.45) is 17.8 Å².